The number of hydrogen-bond acceptors (Lipinski definition) is 9. The van der Waals surface area contributed by atoms with Gasteiger partial charge in [-0.2, -0.15) is 0 Å². The number of benzene rings is 3. The number of nitrogens with zero attached hydrogens (tertiary/aromatic N) is 2. The number of aryl methyl sites for hydroxylation is 1. The largest absolute Gasteiger partial charge is 0.440 e. The third-order valence-electron chi connectivity index (χ3n) is 6.86. The zero-order valence-electron chi connectivity index (χ0n) is 22.9. The fraction of sp³-hybridized carbons (Fsp3) is 0.226. The van der Waals surface area contributed by atoms with Gasteiger partial charge in [-0.15, -0.1) is 0 Å². The second-order valence-corrected chi connectivity index (χ2v) is 10.6. The summed E-state index contributed by atoms with van der Waals surface area (Å²) in [5.74, 6) is 1.48. The number of nitrogens with one attached hydrogen (secondary N) is 3. The first-order valence-corrected chi connectivity index (χ1v) is 14.5. The van der Waals surface area contributed by atoms with E-state index in [1.807, 2.05) is 49.4 Å². The molecule has 1 fully saturated rings. The van der Waals surface area contributed by atoms with Crippen LogP contribution in [-0.2, 0) is 5.75 Å². The minimum atomic E-state index is -0.350. The molecule has 1 unspecified atom stereocenters. The van der Waals surface area contributed by atoms with Gasteiger partial charge in [0.05, 0.1) is 17.0 Å². The van der Waals surface area contributed by atoms with Gasteiger partial charge in [0.15, 0.2) is 5.88 Å². The third kappa shape index (κ3) is 6.90. The van der Waals surface area contributed by atoms with Gasteiger partial charge in [-0.1, -0.05) is 42.5 Å². The third-order valence-corrected chi connectivity index (χ3v) is 7.68. The Morgan fingerprint density at radius 1 is 1.15 bits per heavy atom. The number of anilines is 2. The highest BCUT2D eigenvalue weighted by Crippen LogP contribution is 2.37. The van der Waals surface area contributed by atoms with E-state index in [1.54, 1.807) is 24.4 Å². The molecule has 0 bridgehead atoms. The van der Waals surface area contributed by atoms with Crippen LogP contribution in [0.1, 0.15) is 29.7 Å². The highest BCUT2D eigenvalue weighted by molar-refractivity contribution is 7.99. The van der Waals surface area contributed by atoms with Gasteiger partial charge >= 0.3 is 0 Å². The average Bonchev–Trinajstić information content (AvgIpc) is 2.99. The summed E-state index contributed by atoms with van der Waals surface area (Å²) < 4.78 is 24.5. The number of allylic oxidation sites excluding steroid dienone is 2. The van der Waals surface area contributed by atoms with Gasteiger partial charge in [-0.25, -0.2) is 14.4 Å². The molecule has 10 heteroatoms. The molecule has 1 aliphatic heterocycles. The maximum absolute atomic E-state index is 15.0. The van der Waals surface area contributed by atoms with Crippen molar-refractivity contribution in [3.8, 4) is 5.75 Å². The van der Waals surface area contributed by atoms with Crippen LogP contribution in [0.3, 0.4) is 0 Å². The van der Waals surface area contributed by atoms with Crippen molar-refractivity contribution in [1.82, 2.24) is 15.3 Å². The molecule has 0 saturated carbocycles. The Kier molecular flexibility index (Phi) is 9.22. The Morgan fingerprint density at radius 3 is 2.76 bits per heavy atom. The van der Waals surface area contributed by atoms with Gasteiger partial charge in [0.25, 0.3) is 0 Å². The molecule has 1 aromatic heterocycles. The number of nitrogens with two attached hydrogens (primary N) is 2. The number of halogens is 1. The fourth-order valence-electron chi connectivity index (χ4n) is 4.76. The summed E-state index contributed by atoms with van der Waals surface area (Å²) in [6.45, 7) is 3.80. The maximum atomic E-state index is 15.0. The predicted octanol–water partition coefficient (Wildman–Crippen LogP) is 5.68. The topological polar surface area (TPSA) is 123 Å². The Bertz CT molecular complexity index is 1560. The molecule has 1 aliphatic rings. The lowest BCUT2D eigenvalue weighted by Crippen LogP contribution is -2.38. The second kappa shape index (κ2) is 13.4. The van der Waals surface area contributed by atoms with Crippen molar-refractivity contribution in [2.45, 2.75) is 31.6 Å². The molecule has 41 heavy (non-hydrogen) atoms. The van der Waals surface area contributed by atoms with E-state index in [4.69, 9.17) is 16.2 Å². The average molecular weight is 572 g/mol. The summed E-state index contributed by atoms with van der Waals surface area (Å²) in [5.41, 5.74) is 15.8. The summed E-state index contributed by atoms with van der Waals surface area (Å²) in [6, 6.07) is 18.9. The lowest BCUT2D eigenvalue weighted by Gasteiger charge is -2.23. The summed E-state index contributed by atoms with van der Waals surface area (Å²) in [7, 11) is 0. The van der Waals surface area contributed by atoms with E-state index < -0.39 is 0 Å². The fourth-order valence-corrected chi connectivity index (χ4v) is 5.54. The smallest absolute Gasteiger partial charge is 0.223 e. The normalized spacial score (nSPS) is 16.0. The van der Waals surface area contributed by atoms with Crippen molar-refractivity contribution in [1.29, 1.82) is 0 Å². The summed E-state index contributed by atoms with van der Waals surface area (Å²) in [4.78, 5) is 9.06. The van der Waals surface area contributed by atoms with Gasteiger partial charge in [-0.05, 0) is 79.9 Å². The van der Waals surface area contributed by atoms with Crippen molar-refractivity contribution in [2.24, 2.45) is 11.5 Å². The van der Waals surface area contributed by atoms with Crippen LogP contribution in [0.5, 0.6) is 5.75 Å². The molecular weight excluding hydrogens is 537 g/mol. The van der Waals surface area contributed by atoms with Crippen LogP contribution in [0.25, 0.3) is 16.3 Å². The minimum absolute atomic E-state index is 0.114. The van der Waals surface area contributed by atoms with Crippen molar-refractivity contribution >= 4 is 39.9 Å². The SMILES string of the molecule is Cc1ccc2c(NSCc3ccccc3)c(F)ccc2c1O/C(N)=C(/C=C\N)c1ccnc(NC2CCCNC2)n1. The van der Waals surface area contributed by atoms with Crippen molar-refractivity contribution in [2.75, 3.05) is 23.1 Å². The van der Waals surface area contributed by atoms with Crippen LogP contribution in [0.2, 0.25) is 0 Å². The Balaban J connectivity index is 1.43. The molecular formula is C31H34FN7OS. The predicted molar refractivity (Wildman–Crippen MR) is 167 cm³/mol. The van der Waals surface area contributed by atoms with Crippen LogP contribution in [0.15, 0.2) is 85.0 Å². The first kappa shape index (κ1) is 28.3. The van der Waals surface area contributed by atoms with Crippen molar-refractivity contribution in [3.05, 3.63) is 108 Å². The zero-order valence-corrected chi connectivity index (χ0v) is 23.7. The zero-order chi connectivity index (χ0) is 28.6. The Morgan fingerprint density at radius 2 is 1.98 bits per heavy atom. The molecule has 2 heterocycles. The van der Waals surface area contributed by atoms with E-state index in [1.165, 1.54) is 24.2 Å². The lowest BCUT2D eigenvalue weighted by atomic mass is 10.0. The standard InChI is InChI=1S/C31H34FN7OS/c1-20-9-10-23-24(11-12-26(32)28(23)39-41-19-21-6-3-2-4-7-21)29(20)40-30(34)25(13-15-33)27-14-17-36-31(38-27)37-22-8-5-16-35-18-22/h2-4,6-7,9-15,17,22,35,39H,5,8,16,18-19,33-34H2,1H3,(H,36,37,38)/b15-13-,30-25-. The molecule has 0 amide bonds. The molecule has 0 aliphatic carbocycles. The molecule has 5 rings (SSSR count). The molecule has 0 spiro atoms. The van der Waals surface area contributed by atoms with Gasteiger partial charge in [0.2, 0.25) is 5.95 Å². The summed E-state index contributed by atoms with van der Waals surface area (Å²) in [6.07, 6.45) is 6.85. The van der Waals surface area contributed by atoms with Gasteiger partial charge in [0, 0.05) is 35.3 Å². The number of piperidine rings is 1. The number of ether oxygens (including phenoxy) is 1. The number of fused-ring (bicyclic) bond motifs is 1. The van der Waals surface area contributed by atoms with E-state index in [0.717, 1.165) is 42.4 Å². The molecule has 8 nitrogen and oxygen atoms in total. The number of rotatable bonds is 10. The van der Waals surface area contributed by atoms with E-state index in [2.05, 4.69) is 25.3 Å². The van der Waals surface area contributed by atoms with E-state index in [0.29, 0.717) is 39.8 Å². The molecule has 3 aromatic carbocycles. The summed E-state index contributed by atoms with van der Waals surface area (Å²) >= 11 is 1.42. The highest BCUT2D eigenvalue weighted by Gasteiger charge is 2.18. The second-order valence-electron chi connectivity index (χ2n) is 9.80. The lowest BCUT2D eigenvalue weighted by molar-refractivity contribution is 0.424. The van der Waals surface area contributed by atoms with E-state index in [-0.39, 0.29) is 17.7 Å². The van der Waals surface area contributed by atoms with Crippen LogP contribution in [0, 0.1) is 12.7 Å². The van der Waals surface area contributed by atoms with E-state index in [9.17, 15) is 4.39 Å². The van der Waals surface area contributed by atoms with Crippen LogP contribution in [0.4, 0.5) is 16.0 Å². The molecule has 1 atom stereocenters. The van der Waals surface area contributed by atoms with Crippen LogP contribution in [-0.4, -0.2) is 29.1 Å². The number of aromatic nitrogens is 2. The Hall–Kier alpha value is -4.28. The van der Waals surface area contributed by atoms with Gasteiger partial charge in [0.1, 0.15) is 11.6 Å². The quantitative estimate of drug-likeness (QED) is 0.0929. The van der Waals surface area contributed by atoms with E-state index >= 15 is 0 Å². The van der Waals surface area contributed by atoms with Crippen molar-refractivity contribution in [3.63, 3.8) is 0 Å². The monoisotopic (exact) mass is 571 g/mol. The Labute approximate surface area is 243 Å². The molecule has 4 aromatic rings. The molecule has 7 N–H and O–H groups in total. The minimum Gasteiger partial charge on any atom is -0.440 e. The molecule has 1 saturated heterocycles. The molecule has 212 valence electrons. The first-order valence-electron chi connectivity index (χ1n) is 13.5. The van der Waals surface area contributed by atoms with Crippen LogP contribution >= 0.6 is 11.9 Å². The van der Waals surface area contributed by atoms with Crippen molar-refractivity contribution < 1.29 is 9.13 Å². The number of hydrogen-bond donors (Lipinski definition) is 5. The maximum Gasteiger partial charge on any atom is 0.223 e. The molecule has 0 radical (unpaired) electrons. The highest BCUT2D eigenvalue weighted by atomic mass is 32.2. The van der Waals surface area contributed by atoms with Crippen LogP contribution < -0.4 is 31.6 Å². The first-order chi connectivity index (χ1) is 20.0. The van der Waals surface area contributed by atoms with Gasteiger partial charge in [-0.3, -0.25) is 0 Å². The summed E-state index contributed by atoms with van der Waals surface area (Å²) in [5, 5.41) is 8.18. The van der Waals surface area contributed by atoms with Gasteiger partial charge < -0.3 is 31.6 Å².